The lowest BCUT2D eigenvalue weighted by atomic mass is 10.4. The number of esters is 2. The predicted octanol–water partition coefficient (Wildman–Crippen LogP) is 5.90. The molecule has 6 nitrogen and oxygen atoms in total. The Morgan fingerprint density at radius 2 is 1.14 bits per heavy atom. The van der Waals surface area contributed by atoms with Crippen LogP contribution < -0.4 is 0 Å². The molecule has 2 aromatic carbocycles. The summed E-state index contributed by atoms with van der Waals surface area (Å²) in [7, 11) is 0. The van der Waals surface area contributed by atoms with Crippen LogP contribution in [0.25, 0.3) is 0 Å². The summed E-state index contributed by atoms with van der Waals surface area (Å²) in [6.45, 7) is 7.61. The van der Waals surface area contributed by atoms with Crippen molar-refractivity contribution < 1.29 is 28.5 Å². The number of benzene rings is 2. The van der Waals surface area contributed by atoms with Crippen LogP contribution >= 0.6 is 35.3 Å². The van der Waals surface area contributed by atoms with Crippen LogP contribution in [0, 0.1) is 0 Å². The third kappa shape index (κ3) is 13.8. The van der Waals surface area contributed by atoms with Gasteiger partial charge in [0, 0.05) is 43.2 Å². The number of rotatable bonds is 18. The van der Waals surface area contributed by atoms with Crippen molar-refractivity contribution in [2.45, 2.75) is 26.5 Å². The van der Waals surface area contributed by atoms with Crippen molar-refractivity contribution in [2.24, 2.45) is 0 Å². The SMILES string of the molecule is C=CC(=O)OCCOCCSc1ccc(Sc2ccc(SCCOCCOC(=O)/C=C/C)cc2)cc1. The third-order valence-electron chi connectivity index (χ3n) is 4.29. The Morgan fingerprint density at radius 3 is 1.58 bits per heavy atom. The van der Waals surface area contributed by atoms with Crippen molar-refractivity contribution >= 4 is 47.2 Å². The third-order valence-corrected chi connectivity index (χ3v) is 7.26. The van der Waals surface area contributed by atoms with E-state index in [2.05, 4.69) is 55.1 Å². The van der Waals surface area contributed by atoms with Gasteiger partial charge in [-0.1, -0.05) is 24.4 Å². The molecule has 0 aliphatic rings. The Hall–Kier alpha value is -2.17. The Bertz CT molecular complexity index is 945. The van der Waals surface area contributed by atoms with E-state index in [9.17, 15) is 9.59 Å². The van der Waals surface area contributed by atoms with Gasteiger partial charge in [0.25, 0.3) is 0 Å². The second-order valence-corrected chi connectivity index (χ2v) is 10.5. The molecule has 0 radical (unpaired) electrons. The van der Waals surface area contributed by atoms with Crippen molar-refractivity contribution in [3.05, 3.63) is 73.3 Å². The first-order chi connectivity index (χ1) is 17.6. The summed E-state index contributed by atoms with van der Waals surface area (Å²) < 4.78 is 20.8. The van der Waals surface area contributed by atoms with Crippen LogP contribution in [0.5, 0.6) is 0 Å². The summed E-state index contributed by atoms with van der Waals surface area (Å²) in [4.78, 5) is 26.9. The van der Waals surface area contributed by atoms with Gasteiger partial charge in [0.1, 0.15) is 13.2 Å². The molecule has 0 N–H and O–H groups in total. The molecule has 0 unspecified atom stereocenters. The molecule has 0 spiro atoms. The van der Waals surface area contributed by atoms with Crippen molar-refractivity contribution in [1.82, 2.24) is 0 Å². The molecule has 194 valence electrons. The lowest BCUT2D eigenvalue weighted by molar-refractivity contribution is -0.140. The van der Waals surface area contributed by atoms with Crippen molar-refractivity contribution in [3.8, 4) is 0 Å². The van der Waals surface area contributed by atoms with Crippen LogP contribution in [0.1, 0.15) is 6.92 Å². The largest absolute Gasteiger partial charge is 0.460 e. The molecule has 0 heterocycles. The fraction of sp³-hybridized carbons (Fsp3) is 0.333. The molecule has 36 heavy (non-hydrogen) atoms. The molecule has 2 rings (SSSR count). The van der Waals surface area contributed by atoms with Gasteiger partial charge >= 0.3 is 11.9 Å². The van der Waals surface area contributed by atoms with E-state index in [1.807, 2.05) is 0 Å². The Morgan fingerprint density at radius 1 is 0.694 bits per heavy atom. The highest BCUT2D eigenvalue weighted by molar-refractivity contribution is 8.00. The summed E-state index contributed by atoms with van der Waals surface area (Å²) in [5, 5.41) is 0. The maximum Gasteiger partial charge on any atom is 0.330 e. The van der Waals surface area contributed by atoms with Gasteiger partial charge in [-0.2, -0.15) is 0 Å². The summed E-state index contributed by atoms with van der Waals surface area (Å²) in [5.74, 6) is 0.895. The monoisotopic (exact) mass is 548 g/mol. The molecular formula is C27H32O6S3. The number of hydrogen-bond donors (Lipinski definition) is 0. The normalized spacial score (nSPS) is 10.9. The molecule has 0 fully saturated rings. The zero-order chi connectivity index (χ0) is 25.8. The zero-order valence-corrected chi connectivity index (χ0v) is 22.8. The average molecular weight is 549 g/mol. The summed E-state index contributed by atoms with van der Waals surface area (Å²) in [6, 6.07) is 17.0. The Kier molecular flexibility index (Phi) is 15.9. The van der Waals surface area contributed by atoms with Gasteiger partial charge in [-0.3, -0.25) is 0 Å². The van der Waals surface area contributed by atoms with Gasteiger partial charge in [0.2, 0.25) is 0 Å². The lowest BCUT2D eigenvalue weighted by Gasteiger charge is -2.07. The lowest BCUT2D eigenvalue weighted by Crippen LogP contribution is -2.09. The molecule has 0 amide bonds. The number of ether oxygens (including phenoxy) is 4. The summed E-state index contributed by atoms with van der Waals surface area (Å²) in [6.07, 6.45) is 4.18. The molecule has 0 saturated carbocycles. The van der Waals surface area contributed by atoms with Gasteiger partial charge in [0.15, 0.2) is 0 Å². The van der Waals surface area contributed by atoms with Gasteiger partial charge in [0.05, 0.1) is 26.4 Å². The topological polar surface area (TPSA) is 71.1 Å². The van der Waals surface area contributed by atoms with E-state index < -0.39 is 5.97 Å². The van der Waals surface area contributed by atoms with E-state index >= 15 is 0 Å². The second kappa shape index (κ2) is 19.0. The van der Waals surface area contributed by atoms with Gasteiger partial charge in [-0.25, -0.2) is 9.59 Å². The van der Waals surface area contributed by atoms with Crippen LogP contribution in [0.15, 0.2) is 92.9 Å². The first-order valence-electron chi connectivity index (χ1n) is 11.5. The molecular weight excluding hydrogens is 516 g/mol. The van der Waals surface area contributed by atoms with Crippen LogP contribution in [0.4, 0.5) is 0 Å². The fourth-order valence-corrected chi connectivity index (χ4v) is 4.98. The number of allylic oxidation sites excluding steroid dienone is 1. The van der Waals surface area contributed by atoms with E-state index in [4.69, 9.17) is 18.9 Å². The van der Waals surface area contributed by atoms with E-state index in [0.717, 1.165) is 17.6 Å². The van der Waals surface area contributed by atoms with E-state index in [-0.39, 0.29) is 19.2 Å². The number of carbonyl (C=O) groups is 2. The Labute approximate surface area is 226 Å². The minimum Gasteiger partial charge on any atom is -0.460 e. The van der Waals surface area contributed by atoms with Crippen LogP contribution in [0.2, 0.25) is 0 Å². The van der Waals surface area contributed by atoms with E-state index in [1.165, 1.54) is 25.7 Å². The molecule has 0 aliphatic heterocycles. The quantitative estimate of drug-likeness (QED) is 0.0979. The van der Waals surface area contributed by atoms with Crippen LogP contribution in [-0.2, 0) is 28.5 Å². The first-order valence-corrected chi connectivity index (χ1v) is 14.3. The molecule has 2 aromatic rings. The molecule has 0 saturated heterocycles. The minimum atomic E-state index is -0.430. The number of hydrogen-bond acceptors (Lipinski definition) is 9. The number of carbonyl (C=O) groups excluding carboxylic acids is 2. The number of thioether (sulfide) groups is 2. The smallest absolute Gasteiger partial charge is 0.330 e. The second-order valence-electron chi connectivity index (χ2n) is 7.01. The summed E-state index contributed by atoms with van der Waals surface area (Å²) in [5.41, 5.74) is 0. The van der Waals surface area contributed by atoms with Gasteiger partial charge in [-0.05, 0) is 55.5 Å². The fourth-order valence-electron chi connectivity index (χ4n) is 2.63. The maximum atomic E-state index is 11.2. The van der Waals surface area contributed by atoms with Crippen molar-refractivity contribution in [1.29, 1.82) is 0 Å². The average Bonchev–Trinajstić information content (AvgIpc) is 2.89. The zero-order valence-electron chi connectivity index (χ0n) is 20.4. The molecule has 0 atom stereocenters. The predicted molar refractivity (Wildman–Crippen MR) is 147 cm³/mol. The molecule has 9 heteroatoms. The summed E-state index contributed by atoms with van der Waals surface area (Å²) >= 11 is 5.19. The highest BCUT2D eigenvalue weighted by atomic mass is 32.2. The molecule has 0 bridgehead atoms. The van der Waals surface area contributed by atoms with Crippen molar-refractivity contribution in [2.75, 3.05) is 51.1 Å². The maximum absolute atomic E-state index is 11.2. The van der Waals surface area contributed by atoms with E-state index in [1.54, 1.807) is 48.3 Å². The molecule has 0 aromatic heterocycles. The van der Waals surface area contributed by atoms with Gasteiger partial charge < -0.3 is 18.9 Å². The minimum absolute atomic E-state index is 0.243. The van der Waals surface area contributed by atoms with E-state index in [0.29, 0.717) is 26.4 Å². The molecule has 0 aliphatic carbocycles. The highest BCUT2D eigenvalue weighted by Gasteiger charge is 2.02. The highest BCUT2D eigenvalue weighted by Crippen LogP contribution is 2.31. The van der Waals surface area contributed by atoms with Crippen LogP contribution in [0.3, 0.4) is 0 Å². The van der Waals surface area contributed by atoms with Crippen molar-refractivity contribution in [3.63, 3.8) is 0 Å². The first kappa shape index (κ1) is 30.1. The van der Waals surface area contributed by atoms with Gasteiger partial charge in [-0.15, -0.1) is 23.5 Å². The van der Waals surface area contributed by atoms with Crippen LogP contribution in [-0.4, -0.2) is 63.1 Å². The standard InChI is InChI=1S/C27H32O6S3/c1-3-5-27(29)33-17-15-31-19-21-35-23-8-12-25(13-9-23)36-24-10-6-22(7-11-24)34-20-18-30-14-16-32-26(28)4-2/h3-13H,2,14-21H2,1H3/b5-3+. The Balaban J connectivity index is 1.57.